The lowest BCUT2D eigenvalue weighted by atomic mass is 10.3. The first-order chi connectivity index (χ1) is 13.1. The maximum absolute atomic E-state index is 12.1. The van der Waals surface area contributed by atoms with E-state index in [1.165, 1.54) is 12.3 Å². The molecule has 1 aliphatic heterocycles. The monoisotopic (exact) mass is 374 g/mol. The van der Waals surface area contributed by atoms with E-state index in [2.05, 4.69) is 10.2 Å². The number of hydrogen-bond acceptors (Lipinski definition) is 7. The largest absolute Gasteiger partial charge is 0.497 e. The smallest absolute Gasteiger partial charge is 0.262 e. The molecular weight excluding hydrogens is 352 g/mol. The minimum absolute atomic E-state index is 0.00519. The molecule has 0 unspecified atom stereocenters. The van der Waals surface area contributed by atoms with Crippen LogP contribution in [0.3, 0.4) is 0 Å². The normalized spacial score (nSPS) is 14.6. The van der Waals surface area contributed by atoms with Crippen LogP contribution >= 0.6 is 0 Å². The molecule has 0 spiro atoms. The van der Waals surface area contributed by atoms with Gasteiger partial charge in [-0.25, -0.2) is 0 Å². The fourth-order valence-corrected chi connectivity index (χ4v) is 2.62. The number of anilines is 1. The van der Waals surface area contributed by atoms with Gasteiger partial charge < -0.3 is 23.9 Å². The van der Waals surface area contributed by atoms with E-state index in [0.717, 1.165) is 13.1 Å². The van der Waals surface area contributed by atoms with Crippen molar-refractivity contribution < 1.29 is 23.4 Å². The Hall–Kier alpha value is -2.84. The third kappa shape index (κ3) is 5.57. The summed E-state index contributed by atoms with van der Waals surface area (Å²) in [4.78, 5) is 26.3. The van der Waals surface area contributed by atoms with Crippen LogP contribution in [-0.2, 0) is 16.1 Å². The van der Waals surface area contributed by atoms with Crippen molar-refractivity contribution in [3.05, 3.63) is 52.6 Å². The maximum Gasteiger partial charge on any atom is 0.262 e. The van der Waals surface area contributed by atoms with Crippen LogP contribution in [0.25, 0.3) is 0 Å². The zero-order valence-corrected chi connectivity index (χ0v) is 15.1. The second-order valence-corrected chi connectivity index (χ2v) is 6.03. The Labute approximate surface area is 156 Å². The molecule has 2 heterocycles. The molecule has 1 amide bonds. The average molecular weight is 374 g/mol. The molecule has 1 aromatic heterocycles. The summed E-state index contributed by atoms with van der Waals surface area (Å²) in [6.07, 6.45) is 1.25. The Kier molecular flexibility index (Phi) is 6.45. The molecule has 2 aromatic rings. The van der Waals surface area contributed by atoms with Crippen molar-refractivity contribution in [3.63, 3.8) is 0 Å². The van der Waals surface area contributed by atoms with Gasteiger partial charge in [0.1, 0.15) is 17.8 Å². The van der Waals surface area contributed by atoms with Gasteiger partial charge in [0.2, 0.25) is 11.2 Å². The van der Waals surface area contributed by atoms with Gasteiger partial charge in [0.25, 0.3) is 5.91 Å². The SMILES string of the molecule is COc1ccc(NC(=O)COc2coc(CN3CCOCC3)cc2=O)cc1. The van der Waals surface area contributed by atoms with E-state index in [0.29, 0.717) is 37.0 Å². The average Bonchev–Trinajstić information content (AvgIpc) is 2.69. The number of carbonyl (C=O) groups is 1. The molecule has 27 heavy (non-hydrogen) atoms. The van der Waals surface area contributed by atoms with Gasteiger partial charge in [-0.2, -0.15) is 0 Å². The first-order valence-corrected chi connectivity index (χ1v) is 8.62. The molecule has 1 N–H and O–H groups in total. The quantitative estimate of drug-likeness (QED) is 0.785. The van der Waals surface area contributed by atoms with E-state index in [4.69, 9.17) is 18.6 Å². The Bertz CT molecular complexity index is 812. The Morgan fingerprint density at radius 2 is 1.96 bits per heavy atom. The summed E-state index contributed by atoms with van der Waals surface area (Å²) in [6, 6.07) is 8.29. The molecule has 1 saturated heterocycles. The van der Waals surface area contributed by atoms with Crippen LogP contribution in [0.5, 0.6) is 11.5 Å². The van der Waals surface area contributed by atoms with Crippen LogP contribution in [0.15, 0.2) is 45.8 Å². The van der Waals surface area contributed by atoms with Crippen LogP contribution in [0.4, 0.5) is 5.69 Å². The number of amides is 1. The summed E-state index contributed by atoms with van der Waals surface area (Å²) in [5, 5.41) is 2.68. The number of morpholine rings is 1. The van der Waals surface area contributed by atoms with E-state index >= 15 is 0 Å². The van der Waals surface area contributed by atoms with E-state index in [-0.39, 0.29) is 23.7 Å². The molecule has 3 rings (SSSR count). The van der Waals surface area contributed by atoms with Crippen LogP contribution in [0.2, 0.25) is 0 Å². The molecule has 1 aliphatic rings. The van der Waals surface area contributed by atoms with Gasteiger partial charge >= 0.3 is 0 Å². The molecule has 0 bridgehead atoms. The number of ether oxygens (including phenoxy) is 3. The lowest BCUT2D eigenvalue weighted by molar-refractivity contribution is -0.118. The van der Waals surface area contributed by atoms with Crippen molar-refractivity contribution in [3.8, 4) is 11.5 Å². The highest BCUT2D eigenvalue weighted by Gasteiger charge is 2.14. The number of hydrogen-bond donors (Lipinski definition) is 1. The van der Waals surface area contributed by atoms with Gasteiger partial charge in [0.15, 0.2) is 6.61 Å². The molecule has 1 aromatic carbocycles. The minimum Gasteiger partial charge on any atom is -0.497 e. The number of nitrogens with zero attached hydrogens (tertiary/aromatic N) is 1. The first-order valence-electron chi connectivity index (χ1n) is 8.62. The summed E-state index contributed by atoms with van der Waals surface area (Å²) >= 11 is 0. The van der Waals surface area contributed by atoms with Gasteiger partial charge in [-0.3, -0.25) is 14.5 Å². The van der Waals surface area contributed by atoms with Crippen molar-refractivity contribution in [2.24, 2.45) is 0 Å². The van der Waals surface area contributed by atoms with Crippen LogP contribution < -0.4 is 20.2 Å². The Morgan fingerprint density at radius 3 is 2.63 bits per heavy atom. The lowest BCUT2D eigenvalue weighted by Crippen LogP contribution is -2.35. The molecular formula is C19H22N2O6. The number of benzene rings is 1. The second kappa shape index (κ2) is 9.20. The third-order valence-corrected chi connectivity index (χ3v) is 4.07. The zero-order valence-electron chi connectivity index (χ0n) is 15.1. The van der Waals surface area contributed by atoms with Gasteiger partial charge in [0, 0.05) is 24.8 Å². The molecule has 0 radical (unpaired) electrons. The van der Waals surface area contributed by atoms with E-state index in [1.54, 1.807) is 31.4 Å². The maximum atomic E-state index is 12.1. The van der Waals surface area contributed by atoms with Crippen molar-refractivity contribution in [1.82, 2.24) is 4.90 Å². The molecule has 144 valence electrons. The fraction of sp³-hybridized carbons (Fsp3) is 0.368. The van der Waals surface area contributed by atoms with Gasteiger partial charge in [-0.05, 0) is 24.3 Å². The highest BCUT2D eigenvalue weighted by Crippen LogP contribution is 2.15. The third-order valence-electron chi connectivity index (χ3n) is 4.07. The predicted molar refractivity (Wildman–Crippen MR) is 98.2 cm³/mol. The van der Waals surface area contributed by atoms with Crippen LogP contribution in [0, 0.1) is 0 Å². The van der Waals surface area contributed by atoms with Crippen molar-refractivity contribution >= 4 is 11.6 Å². The summed E-state index contributed by atoms with van der Waals surface area (Å²) < 4.78 is 21.1. The highest BCUT2D eigenvalue weighted by atomic mass is 16.5. The standard InChI is InChI=1S/C19H22N2O6/c1-24-15-4-2-14(3-5-15)20-19(23)13-27-18-12-26-16(10-17(18)22)11-21-6-8-25-9-7-21/h2-5,10,12H,6-9,11,13H2,1H3,(H,20,23). The lowest BCUT2D eigenvalue weighted by Gasteiger charge is -2.25. The van der Waals surface area contributed by atoms with E-state index < -0.39 is 0 Å². The van der Waals surface area contributed by atoms with Crippen LogP contribution in [-0.4, -0.2) is 50.8 Å². The van der Waals surface area contributed by atoms with Crippen molar-refractivity contribution in [1.29, 1.82) is 0 Å². The van der Waals surface area contributed by atoms with Crippen molar-refractivity contribution in [2.45, 2.75) is 6.54 Å². The zero-order chi connectivity index (χ0) is 19.1. The van der Waals surface area contributed by atoms with Gasteiger partial charge in [-0.15, -0.1) is 0 Å². The molecule has 0 saturated carbocycles. The summed E-state index contributed by atoms with van der Waals surface area (Å²) in [5.74, 6) is 0.874. The molecule has 8 heteroatoms. The molecule has 0 aliphatic carbocycles. The molecule has 1 fully saturated rings. The topological polar surface area (TPSA) is 90.2 Å². The summed E-state index contributed by atoms with van der Waals surface area (Å²) in [7, 11) is 1.57. The summed E-state index contributed by atoms with van der Waals surface area (Å²) in [5.41, 5.74) is 0.291. The number of carbonyl (C=O) groups excluding carboxylic acids is 1. The van der Waals surface area contributed by atoms with E-state index in [9.17, 15) is 9.59 Å². The first kappa shape index (κ1) is 18.9. The van der Waals surface area contributed by atoms with Gasteiger partial charge in [0.05, 0.1) is 26.9 Å². The molecule has 0 atom stereocenters. The predicted octanol–water partition coefficient (Wildman–Crippen LogP) is 1.50. The van der Waals surface area contributed by atoms with Crippen molar-refractivity contribution in [2.75, 3.05) is 45.3 Å². The van der Waals surface area contributed by atoms with Crippen LogP contribution in [0.1, 0.15) is 5.76 Å². The Morgan fingerprint density at radius 1 is 1.22 bits per heavy atom. The van der Waals surface area contributed by atoms with E-state index in [1.807, 2.05) is 0 Å². The second-order valence-electron chi connectivity index (χ2n) is 6.03. The molecule has 8 nitrogen and oxygen atoms in total. The minimum atomic E-state index is -0.378. The highest BCUT2D eigenvalue weighted by molar-refractivity contribution is 5.91. The number of methoxy groups -OCH3 is 1. The fourth-order valence-electron chi connectivity index (χ4n) is 2.62. The van der Waals surface area contributed by atoms with Gasteiger partial charge in [-0.1, -0.05) is 0 Å². The number of rotatable bonds is 7. The number of nitrogens with one attached hydrogen (secondary N) is 1. The Balaban J connectivity index is 1.50. The summed E-state index contributed by atoms with van der Waals surface area (Å²) in [6.45, 7) is 3.20.